The van der Waals surface area contributed by atoms with Gasteiger partial charge in [-0.05, 0) is 140 Å². The number of rotatable bonds is 10. The molecule has 2 saturated carbocycles. The zero-order chi connectivity index (χ0) is 88.5. The molecule has 15 aromatic carbocycles. The van der Waals surface area contributed by atoms with Crippen LogP contribution in [0.15, 0.2) is 423 Å². The smallest absolute Gasteiger partial charge is 0.0934 e. The van der Waals surface area contributed by atoms with Crippen LogP contribution in [-0.4, -0.2) is 68.0 Å². The minimum Gasteiger partial charge on any atom is -0.355 e. The Morgan fingerprint density at radius 3 is 0.846 bits per heavy atom. The van der Waals surface area contributed by atoms with E-state index in [-0.39, 0.29) is 30.3 Å². The van der Waals surface area contributed by atoms with Crippen LogP contribution in [0.4, 0.5) is 0 Å². The predicted molar refractivity (Wildman–Crippen MR) is 562 cm³/mol. The number of nitrogens with two attached hydrogens (primary N) is 4. The van der Waals surface area contributed by atoms with Crippen molar-refractivity contribution >= 4 is 145 Å². The van der Waals surface area contributed by atoms with Gasteiger partial charge in [0.25, 0.3) is 0 Å². The summed E-state index contributed by atoms with van der Waals surface area (Å²) in [5.41, 5.74) is 46.6. The lowest BCUT2D eigenvalue weighted by molar-refractivity contribution is 0.385. The number of fused-ring (bicyclic) bond motifs is 9. The zero-order valence-corrected chi connectivity index (χ0v) is 79.5. The Bertz CT molecular complexity index is 6840. The van der Waals surface area contributed by atoms with Crippen molar-refractivity contribution in [2.75, 3.05) is 0 Å². The van der Waals surface area contributed by atoms with Crippen LogP contribution in [0.25, 0.3) is 156 Å². The number of aromatic nitrogens is 9. The molecular weight excluding hydrogens is 1930 g/mol. The molecule has 14 nitrogen and oxygen atoms in total. The van der Waals surface area contributed by atoms with Crippen molar-refractivity contribution in [2.24, 2.45) is 22.9 Å². The van der Waals surface area contributed by atoms with E-state index in [1.807, 2.05) is 108 Å². The van der Waals surface area contributed by atoms with E-state index in [0.29, 0.717) is 0 Å². The average Bonchev–Trinajstić information content (AvgIpc) is 1.58. The highest BCUT2D eigenvalue weighted by atomic mass is 79.9. The van der Waals surface area contributed by atoms with E-state index in [0.717, 1.165) is 138 Å². The molecule has 0 bridgehead atoms. The number of para-hydroxylation sites is 6. The third-order valence-corrected chi connectivity index (χ3v) is 25.6. The molecule has 21 aromatic rings. The molecule has 0 radical (unpaired) electrons. The van der Waals surface area contributed by atoms with Crippen molar-refractivity contribution in [3.8, 4) is 90.3 Å². The number of hydrogen-bond acceptors (Lipinski definition) is 8. The summed E-state index contributed by atoms with van der Waals surface area (Å²) in [5, 5.41) is 25.2. The third kappa shape index (κ3) is 21.7. The highest BCUT2D eigenvalue weighted by Gasteiger charge is 2.23. The van der Waals surface area contributed by atoms with Gasteiger partial charge >= 0.3 is 0 Å². The number of benzene rings is 15. The van der Waals surface area contributed by atoms with E-state index in [1.54, 1.807) is 0 Å². The maximum Gasteiger partial charge on any atom is 0.0934 e. The molecule has 2 aliphatic rings. The van der Waals surface area contributed by atoms with Gasteiger partial charge in [0.2, 0.25) is 0 Å². The fourth-order valence-corrected chi connectivity index (χ4v) is 20.5. The van der Waals surface area contributed by atoms with Gasteiger partial charge in [0.05, 0.1) is 79.0 Å². The third-order valence-electron chi connectivity index (χ3n) is 23.3. The van der Waals surface area contributed by atoms with E-state index in [2.05, 4.69) is 406 Å². The first kappa shape index (κ1) is 90.9. The molecular formula is C111H99Br5N14. The molecule has 0 saturated heterocycles. The molecule has 648 valence electrons. The van der Waals surface area contributed by atoms with Crippen LogP contribution in [0.1, 0.15) is 51.4 Å². The van der Waals surface area contributed by atoms with E-state index in [9.17, 15) is 0 Å². The predicted octanol–water partition coefficient (Wildman–Crippen LogP) is 29.8. The highest BCUT2D eigenvalue weighted by Crippen LogP contribution is 2.40. The molecule has 4 atom stereocenters. The SMILES string of the molecule is Brc1cc(Br)cc(-n2nc(-c3ccccc3)cc2-c2ccccc2)c1.Brc1cc(Br)cc(Br)c1.N.N[C@@H]1CCCC[C@H]1N.N[C@@H]1CCCC[C@H]1N.c1ccc(-c2cc(-c3ccccc3)[nH]n2)cc1.c1ccc(-c2cc(-c3ccccc3)n(-c3cc(-n4c5ccccc5c5ccccc54)cc(-n4c5ccccc5c5ccccc54)c3)n2)cc1.c1ccc2c(c1)[nH]c1ccccc12. The molecule has 6 aromatic heterocycles. The molecule has 19 heteroatoms. The molecule has 2 fully saturated rings. The van der Waals surface area contributed by atoms with Crippen LogP contribution in [0, 0.1) is 0 Å². The number of hydrogen-bond donors (Lipinski definition) is 7. The molecule has 23 rings (SSSR count). The molecule has 0 spiro atoms. The van der Waals surface area contributed by atoms with Gasteiger partial charge in [-0.2, -0.15) is 15.3 Å². The van der Waals surface area contributed by atoms with Crippen molar-refractivity contribution in [1.82, 2.24) is 50.0 Å². The lowest BCUT2D eigenvalue weighted by Crippen LogP contribution is -2.43. The monoisotopic (exact) mass is 2020 g/mol. The van der Waals surface area contributed by atoms with E-state index < -0.39 is 0 Å². The summed E-state index contributed by atoms with van der Waals surface area (Å²) >= 11 is 17.2. The van der Waals surface area contributed by atoms with Gasteiger partial charge in [-0.3, -0.25) is 5.10 Å². The van der Waals surface area contributed by atoms with Gasteiger partial charge in [0, 0.05) is 118 Å². The van der Waals surface area contributed by atoms with Crippen LogP contribution < -0.4 is 29.1 Å². The zero-order valence-electron chi connectivity index (χ0n) is 71.6. The molecule has 0 amide bonds. The Morgan fingerprint density at radius 2 is 0.515 bits per heavy atom. The van der Waals surface area contributed by atoms with Gasteiger partial charge in [-0.1, -0.05) is 397 Å². The Hall–Kier alpha value is -12.5. The van der Waals surface area contributed by atoms with Crippen LogP contribution in [0.3, 0.4) is 0 Å². The summed E-state index contributed by atoms with van der Waals surface area (Å²) in [7, 11) is 0. The van der Waals surface area contributed by atoms with Gasteiger partial charge in [-0.15, -0.1) is 0 Å². The second-order valence-electron chi connectivity index (χ2n) is 32.1. The molecule has 0 unspecified atom stereocenters. The maximum atomic E-state index is 5.65. The van der Waals surface area contributed by atoms with Crippen molar-refractivity contribution in [3.05, 3.63) is 423 Å². The van der Waals surface area contributed by atoms with E-state index >= 15 is 0 Å². The summed E-state index contributed by atoms with van der Waals surface area (Å²) < 4.78 is 14.1. The van der Waals surface area contributed by atoms with Gasteiger partial charge in [-0.25, -0.2) is 9.36 Å². The first-order valence-electron chi connectivity index (χ1n) is 43.5. The summed E-state index contributed by atoms with van der Waals surface area (Å²) in [4.78, 5) is 3.38. The van der Waals surface area contributed by atoms with E-state index in [4.69, 9.17) is 33.1 Å². The van der Waals surface area contributed by atoms with Crippen LogP contribution in [-0.2, 0) is 0 Å². The quantitative estimate of drug-likeness (QED) is 0.0695. The van der Waals surface area contributed by atoms with Gasteiger partial charge < -0.3 is 43.2 Å². The topological polar surface area (TPSA) is 229 Å². The Morgan fingerprint density at radius 1 is 0.254 bits per heavy atom. The second kappa shape index (κ2) is 43.3. The van der Waals surface area contributed by atoms with Gasteiger partial charge in [0.1, 0.15) is 0 Å². The molecule has 130 heavy (non-hydrogen) atoms. The Labute approximate surface area is 799 Å². The van der Waals surface area contributed by atoms with Crippen LogP contribution >= 0.6 is 79.6 Å². The van der Waals surface area contributed by atoms with Crippen molar-refractivity contribution < 1.29 is 0 Å². The minimum absolute atomic E-state index is 0. The maximum absolute atomic E-state index is 5.65. The summed E-state index contributed by atoms with van der Waals surface area (Å²) in [6.45, 7) is 0. The molecule has 13 N–H and O–H groups in total. The number of H-pyrrole nitrogens is 2. The normalized spacial score (nSPS) is 14.5. The highest BCUT2D eigenvalue weighted by molar-refractivity contribution is 9.12. The summed E-state index contributed by atoms with van der Waals surface area (Å²) in [5.74, 6) is 0. The number of halogens is 5. The lowest BCUT2D eigenvalue weighted by atomic mass is 9.92. The largest absolute Gasteiger partial charge is 0.355 e. The number of aromatic amines is 2. The van der Waals surface area contributed by atoms with Crippen molar-refractivity contribution in [3.63, 3.8) is 0 Å². The fraction of sp³-hybridized carbons (Fsp3) is 0.108. The average molecular weight is 2030 g/mol. The van der Waals surface area contributed by atoms with Crippen LogP contribution in [0.5, 0.6) is 0 Å². The summed E-state index contributed by atoms with van der Waals surface area (Å²) in [6, 6.07) is 140. The fourth-order valence-electron chi connectivity index (χ4n) is 16.8. The number of nitrogens with one attached hydrogen (secondary N) is 2. The van der Waals surface area contributed by atoms with Crippen molar-refractivity contribution in [1.29, 1.82) is 0 Å². The molecule has 2 aliphatic carbocycles. The first-order chi connectivity index (χ1) is 63.2. The second-order valence-corrected chi connectivity index (χ2v) is 36.7. The minimum atomic E-state index is 0. The summed E-state index contributed by atoms with van der Waals surface area (Å²) in [6.07, 6.45) is 9.60. The Kier molecular flexibility index (Phi) is 30.3. The first-order valence-corrected chi connectivity index (χ1v) is 47.4. The standard InChI is InChI=1S/C45H30N4.C21H14Br2N2.C15H12N2.C12H9N.C6H3Br3.2C6H14N2.H3N/c1-3-15-31(16-4-1)40-30-45(32-17-5-2-6-18-32)49(46-40)35-28-33(47-41-23-11-7-19-36(41)37-20-8-12-24-42(37)47)27-34(29-35)48-43-25-13-9-21-38(43)39-22-10-14-26-44(39)48;22-17-11-18(23)13-19(12-17)25-21(16-9-5-2-6-10-16)14-20(24-25)15-7-3-1-4-8-15;1-3-7-12(8-4-1)14-11-15(17-16-14)13-9-5-2-6-10-13;1-3-7-11-9(5-1)10-6-2-4-8-12(10)13-11;7-4-1-5(8)3-6(9)2-4;2*7-5-3-1-2-4-6(5)8;/h1-30H;1-14H;1-11H,(H,16,17);1-8,13H;1-3H;2*5-6H,1-4,7-8H2;1H3/t;;;;;2*5-,6-;/m.....11./s1. The molecule has 0 aliphatic heterocycles. The van der Waals surface area contributed by atoms with Crippen LogP contribution in [0.2, 0.25) is 0 Å². The molecule has 6 heterocycles. The Balaban J connectivity index is 0.000000127. The van der Waals surface area contributed by atoms with Crippen molar-refractivity contribution in [2.45, 2.75) is 75.5 Å². The lowest BCUT2D eigenvalue weighted by Gasteiger charge is -2.24. The van der Waals surface area contributed by atoms with E-state index in [1.165, 1.54) is 91.1 Å². The number of nitrogens with zero attached hydrogens (tertiary/aromatic N) is 7. The van der Waals surface area contributed by atoms with Gasteiger partial charge in [0.15, 0.2) is 0 Å².